The Morgan fingerprint density at radius 3 is 1.73 bits per heavy atom. The molecule has 7 aromatic carbocycles. The third-order valence-corrected chi connectivity index (χ3v) is 7.32. The standard InChI is InChI=1S/C36H22O/c1-2-11-23(12-3-1)34-26-15-6-8-17-28(26)35(29-18-9-7-16-27(29)34)31-20-10-19-30-32-21-24-13-4-5-14-25(24)22-33(32)37-36(30)31/h1-22H/i1D,2D,3D,11D,12D. The number of fused-ring (bicyclic) bond motifs is 6. The lowest BCUT2D eigenvalue weighted by molar-refractivity contribution is 0.670. The van der Waals surface area contributed by atoms with E-state index < -0.39 is 6.04 Å². The summed E-state index contributed by atoms with van der Waals surface area (Å²) >= 11 is 0. The van der Waals surface area contributed by atoms with Gasteiger partial charge in [0, 0.05) is 21.9 Å². The van der Waals surface area contributed by atoms with Crippen LogP contribution in [-0.2, 0) is 0 Å². The van der Waals surface area contributed by atoms with E-state index in [0.29, 0.717) is 5.56 Å². The van der Waals surface area contributed by atoms with Crippen molar-refractivity contribution in [2.24, 2.45) is 0 Å². The third kappa shape index (κ3) is 2.98. The molecule has 0 saturated carbocycles. The molecular weight excluding hydrogens is 448 g/mol. The monoisotopic (exact) mass is 475 g/mol. The maximum Gasteiger partial charge on any atom is 0.143 e. The van der Waals surface area contributed by atoms with Gasteiger partial charge in [0.2, 0.25) is 0 Å². The molecule has 1 heterocycles. The number of furan rings is 1. The highest BCUT2D eigenvalue weighted by molar-refractivity contribution is 6.24. The first-order chi connectivity index (χ1) is 20.4. The van der Waals surface area contributed by atoms with E-state index in [9.17, 15) is 0 Å². The lowest BCUT2D eigenvalue weighted by Crippen LogP contribution is -1.90. The zero-order valence-corrected chi connectivity index (χ0v) is 19.7. The molecule has 8 aromatic rings. The Morgan fingerprint density at radius 1 is 0.486 bits per heavy atom. The molecule has 1 nitrogen and oxygen atoms in total. The Hall–Kier alpha value is -4.88. The zero-order valence-electron chi connectivity index (χ0n) is 24.7. The van der Waals surface area contributed by atoms with Crippen LogP contribution in [0.25, 0.3) is 76.5 Å². The fourth-order valence-electron chi connectivity index (χ4n) is 5.74. The Balaban J connectivity index is 1.54. The summed E-state index contributed by atoms with van der Waals surface area (Å²) < 4.78 is 49.0. The first-order valence-corrected chi connectivity index (χ1v) is 12.3. The second kappa shape index (κ2) is 7.81. The van der Waals surface area contributed by atoms with E-state index in [2.05, 4.69) is 42.5 Å². The van der Waals surface area contributed by atoms with E-state index in [4.69, 9.17) is 11.3 Å². The van der Waals surface area contributed by atoms with Crippen LogP contribution in [0.4, 0.5) is 0 Å². The molecular formula is C36H22O. The minimum Gasteiger partial charge on any atom is -0.455 e. The first-order valence-electron chi connectivity index (χ1n) is 14.8. The van der Waals surface area contributed by atoms with Crippen molar-refractivity contribution in [2.45, 2.75) is 0 Å². The fraction of sp³-hybridized carbons (Fsp3) is 0. The van der Waals surface area contributed by atoms with Crippen LogP contribution in [0.5, 0.6) is 0 Å². The molecule has 1 heteroatoms. The Morgan fingerprint density at radius 2 is 1.05 bits per heavy atom. The Labute approximate surface area is 221 Å². The van der Waals surface area contributed by atoms with Gasteiger partial charge in [-0.15, -0.1) is 0 Å². The van der Waals surface area contributed by atoms with Crippen molar-refractivity contribution < 1.29 is 11.3 Å². The van der Waals surface area contributed by atoms with Crippen LogP contribution < -0.4 is 0 Å². The third-order valence-electron chi connectivity index (χ3n) is 7.32. The van der Waals surface area contributed by atoms with Crippen molar-refractivity contribution >= 4 is 54.3 Å². The smallest absolute Gasteiger partial charge is 0.143 e. The van der Waals surface area contributed by atoms with E-state index in [1.165, 1.54) is 0 Å². The summed E-state index contributed by atoms with van der Waals surface area (Å²) in [5.74, 6) is 0. The molecule has 0 fully saturated rings. The van der Waals surface area contributed by atoms with Crippen LogP contribution in [0.1, 0.15) is 6.85 Å². The summed E-state index contributed by atoms with van der Waals surface area (Å²) in [4.78, 5) is 0. The van der Waals surface area contributed by atoms with Gasteiger partial charge in [0.25, 0.3) is 0 Å². The normalized spacial score (nSPS) is 13.7. The van der Waals surface area contributed by atoms with Gasteiger partial charge in [-0.25, -0.2) is 0 Å². The molecule has 0 atom stereocenters. The Bertz CT molecular complexity index is 2340. The molecule has 172 valence electrons. The van der Waals surface area contributed by atoms with Gasteiger partial charge in [0.1, 0.15) is 11.2 Å². The highest BCUT2D eigenvalue weighted by atomic mass is 16.3. The zero-order chi connectivity index (χ0) is 28.7. The summed E-state index contributed by atoms with van der Waals surface area (Å²) in [6.45, 7) is 0. The van der Waals surface area contributed by atoms with Gasteiger partial charge < -0.3 is 4.42 Å². The van der Waals surface area contributed by atoms with Gasteiger partial charge in [-0.3, -0.25) is 0 Å². The van der Waals surface area contributed by atoms with Gasteiger partial charge >= 0.3 is 0 Å². The quantitative estimate of drug-likeness (QED) is 0.227. The average molecular weight is 476 g/mol. The Kier molecular flexibility index (Phi) is 3.37. The van der Waals surface area contributed by atoms with Crippen molar-refractivity contribution in [1.29, 1.82) is 0 Å². The molecule has 0 bridgehead atoms. The highest BCUT2D eigenvalue weighted by Crippen LogP contribution is 2.46. The summed E-state index contributed by atoms with van der Waals surface area (Å²) in [7, 11) is 0. The molecule has 0 saturated heterocycles. The number of rotatable bonds is 2. The molecule has 0 spiro atoms. The van der Waals surface area contributed by atoms with Gasteiger partial charge in [0.15, 0.2) is 0 Å². The predicted molar refractivity (Wildman–Crippen MR) is 157 cm³/mol. The van der Waals surface area contributed by atoms with Gasteiger partial charge in [-0.2, -0.15) is 0 Å². The van der Waals surface area contributed by atoms with Crippen molar-refractivity contribution in [1.82, 2.24) is 0 Å². The molecule has 0 unspecified atom stereocenters. The van der Waals surface area contributed by atoms with Crippen molar-refractivity contribution in [2.75, 3.05) is 0 Å². The molecule has 0 aliphatic carbocycles. The SMILES string of the molecule is [2H]c1c([2H])c([2H])c(-c2c3ccccc3c(-c3cccc4c3oc3cc5ccccc5cc34)c3ccccc23)c([2H])c1[2H]. The van der Waals surface area contributed by atoms with E-state index in [1.54, 1.807) is 0 Å². The molecule has 8 rings (SSSR count). The first kappa shape index (κ1) is 16.0. The minimum absolute atomic E-state index is 0.202. The molecule has 0 aliphatic rings. The average Bonchev–Trinajstić information content (AvgIpc) is 3.39. The summed E-state index contributed by atoms with van der Waals surface area (Å²) in [6.07, 6.45) is 0. The maximum absolute atomic E-state index is 8.78. The van der Waals surface area contributed by atoms with Crippen LogP contribution in [0.3, 0.4) is 0 Å². The van der Waals surface area contributed by atoms with Crippen molar-refractivity contribution in [3.8, 4) is 22.3 Å². The largest absolute Gasteiger partial charge is 0.455 e. The lowest BCUT2D eigenvalue weighted by Gasteiger charge is -2.17. The summed E-state index contributed by atoms with van der Waals surface area (Å²) in [5, 5.41) is 7.78. The second-order valence-electron chi connectivity index (χ2n) is 9.32. The molecule has 1 aromatic heterocycles. The highest BCUT2D eigenvalue weighted by Gasteiger charge is 2.20. The fourth-order valence-corrected chi connectivity index (χ4v) is 5.74. The number of hydrogen-bond donors (Lipinski definition) is 0. The van der Waals surface area contributed by atoms with E-state index in [-0.39, 0.29) is 29.7 Å². The van der Waals surface area contributed by atoms with E-state index in [1.807, 2.05) is 60.7 Å². The van der Waals surface area contributed by atoms with Gasteiger partial charge in [-0.05, 0) is 55.6 Å². The van der Waals surface area contributed by atoms with Crippen molar-refractivity contribution in [3.05, 3.63) is 133 Å². The van der Waals surface area contributed by atoms with Gasteiger partial charge in [0.05, 0.1) is 6.85 Å². The number of benzene rings is 7. The van der Waals surface area contributed by atoms with Crippen LogP contribution in [0.15, 0.2) is 138 Å². The second-order valence-corrected chi connectivity index (χ2v) is 9.32. The number of hydrogen-bond acceptors (Lipinski definition) is 1. The van der Waals surface area contributed by atoms with Crippen LogP contribution in [0.2, 0.25) is 0 Å². The topological polar surface area (TPSA) is 13.1 Å². The minimum atomic E-state index is -0.400. The van der Waals surface area contributed by atoms with Crippen LogP contribution >= 0.6 is 0 Å². The van der Waals surface area contributed by atoms with E-state index >= 15 is 0 Å². The van der Waals surface area contributed by atoms with Crippen LogP contribution in [0, 0.1) is 0 Å². The molecule has 0 aliphatic heterocycles. The molecule has 0 amide bonds. The lowest BCUT2D eigenvalue weighted by atomic mass is 9.85. The predicted octanol–water partition coefficient (Wildman–Crippen LogP) is 10.4. The summed E-state index contributed by atoms with van der Waals surface area (Å²) in [6, 6.07) is 33.0. The van der Waals surface area contributed by atoms with Crippen LogP contribution in [-0.4, -0.2) is 0 Å². The van der Waals surface area contributed by atoms with E-state index in [0.717, 1.165) is 65.4 Å². The molecule has 37 heavy (non-hydrogen) atoms. The molecule has 0 radical (unpaired) electrons. The van der Waals surface area contributed by atoms with Crippen molar-refractivity contribution in [3.63, 3.8) is 0 Å². The molecule has 0 N–H and O–H groups in total. The summed E-state index contributed by atoms with van der Waals surface area (Å²) in [5.41, 5.74) is 4.35. The van der Waals surface area contributed by atoms with Gasteiger partial charge in [-0.1, -0.05) is 121 Å². The number of para-hydroxylation sites is 1. The maximum atomic E-state index is 8.78.